The van der Waals surface area contributed by atoms with Gasteiger partial charge in [0.1, 0.15) is 0 Å². The van der Waals surface area contributed by atoms with Crippen LogP contribution < -0.4 is 0 Å². The zero-order valence-electron chi connectivity index (χ0n) is 7.20. The molecule has 0 atom stereocenters. The topological polar surface area (TPSA) is 0 Å². The Kier molecular flexibility index (Phi) is 3.24. The van der Waals surface area contributed by atoms with Gasteiger partial charge in [0.15, 0.2) is 0 Å². The fraction of sp³-hybridized carbons (Fsp3) is 0.889. The molecule has 0 aliphatic rings. The maximum atomic E-state index is 3.85. The van der Waals surface area contributed by atoms with Gasteiger partial charge in [0.05, 0.1) is 0 Å². The van der Waals surface area contributed by atoms with Crippen molar-refractivity contribution in [1.29, 1.82) is 0 Å². The first kappa shape index (κ1) is 9.00. The summed E-state index contributed by atoms with van der Waals surface area (Å²) in [7, 11) is 0. The van der Waals surface area contributed by atoms with E-state index in [1.807, 2.05) is 0 Å². The normalized spacial score (nSPS) is 12.7. The van der Waals surface area contributed by atoms with Crippen molar-refractivity contribution in [2.24, 2.45) is 11.3 Å². The molecule has 0 aliphatic carbocycles. The summed E-state index contributed by atoms with van der Waals surface area (Å²) in [5.41, 5.74) is 0.488. The standard InChI is InChI=1S/C9H19/c1-6-7-9(4,5)8(2)3/h8H,1,6-7H2,2-5H3. The SMILES string of the molecule is [CH2]CCC(C)(C)C(C)C. The van der Waals surface area contributed by atoms with Crippen LogP contribution >= 0.6 is 0 Å². The second-order valence-corrected chi connectivity index (χ2v) is 3.75. The lowest BCUT2D eigenvalue weighted by molar-refractivity contribution is 0.231. The van der Waals surface area contributed by atoms with E-state index in [1.54, 1.807) is 0 Å². The van der Waals surface area contributed by atoms with Crippen molar-refractivity contribution in [2.45, 2.75) is 40.5 Å². The maximum absolute atomic E-state index is 3.85. The van der Waals surface area contributed by atoms with Gasteiger partial charge in [-0.1, -0.05) is 41.0 Å². The van der Waals surface area contributed by atoms with Gasteiger partial charge in [-0.25, -0.2) is 0 Å². The van der Waals surface area contributed by atoms with Crippen molar-refractivity contribution in [1.82, 2.24) is 0 Å². The van der Waals surface area contributed by atoms with Crippen LogP contribution in [0.5, 0.6) is 0 Å². The van der Waals surface area contributed by atoms with Crippen LogP contribution in [0.4, 0.5) is 0 Å². The highest BCUT2D eigenvalue weighted by molar-refractivity contribution is 4.72. The van der Waals surface area contributed by atoms with Gasteiger partial charge >= 0.3 is 0 Å². The van der Waals surface area contributed by atoms with E-state index < -0.39 is 0 Å². The molecule has 0 heterocycles. The Morgan fingerprint density at radius 2 is 1.78 bits per heavy atom. The van der Waals surface area contributed by atoms with Gasteiger partial charge in [0, 0.05) is 0 Å². The van der Waals surface area contributed by atoms with Crippen LogP contribution in [-0.4, -0.2) is 0 Å². The third-order valence-electron chi connectivity index (χ3n) is 2.38. The predicted octanol–water partition coefficient (Wildman–Crippen LogP) is 3.28. The van der Waals surface area contributed by atoms with Gasteiger partial charge in [0.25, 0.3) is 0 Å². The molecule has 0 fully saturated rings. The molecular formula is C9H19. The van der Waals surface area contributed by atoms with Gasteiger partial charge in [-0.15, -0.1) is 0 Å². The molecule has 0 unspecified atom stereocenters. The average molecular weight is 127 g/mol. The lowest BCUT2D eigenvalue weighted by Crippen LogP contribution is -2.18. The average Bonchev–Trinajstić information content (AvgIpc) is 1.65. The minimum Gasteiger partial charge on any atom is -0.0623 e. The summed E-state index contributed by atoms with van der Waals surface area (Å²) < 4.78 is 0. The molecule has 55 valence electrons. The summed E-state index contributed by atoms with van der Waals surface area (Å²) in [5, 5.41) is 0. The Labute approximate surface area is 59.7 Å². The summed E-state index contributed by atoms with van der Waals surface area (Å²) >= 11 is 0. The zero-order chi connectivity index (χ0) is 7.49. The summed E-state index contributed by atoms with van der Waals surface area (Å²) in [6.07, 6.45) is 2.30. The molecular weight excluding hydrogens is 108 g/mol. The summed E-state index contributed by atoms with van der Waals surface area (Å²) in [4.78, 5) is 0. The molecule has 0 rings (SSSR count). The van der Waals surface area contributed by atoms with Crippen molar-refractivity contribution < 1.29 is 0 Å². The lowest BCUT2D eigenvalue weighted by Gasteiger charge is -2.28. The molecule has 0 N–H and O–H groups in total. The maximum Gasteiger partial charge on any atom is -0.0331 e. The molecule has 0 amide bonds. The second-order valence-electron chi connectivity index (χ2n) is 3.75. The quantitative estimate of drug-likeness (QED) is 0.545. The molecule has 0 aromatic rings. The molecule has 0 bridgehead atoms. The van der Waals surface area contributed by atoms with Crippen LogP contribution in [0, 0.1) is 18.3 Å². The van der Waals surface area contributed by atoms with Crippen LogP contribution in [0.2, 0.25) is 0 Å². The first-order chi connectivity index (χ1) is 4.00. The van der Waals surface area contributed by atoms with Crippen molar-refractivity contribution in [3.63, 3.8) is 0 Å². The first-order valence-electron chi connectivity index (χ1n) is 3.80. The van der Waals surface area contributed by atoms with E-state index in [9.17, 15) is 0 Å². The Balaban J connectivity index is 3.70. The van der Waals surface area contributed by atoms with Crippen LogP contribution in [0.25, 0.3) is 0 Å². The van der Waals surface area contributed by atoms with Gasteiger partial charge in [-0.3, -0.25) is 0 Å². The van der Waals surface area contributed by atoms with Crippen molar-refractivity contribution >= 4 is 0 Å². The molecule has 0 nitrogen and oxygen atoms in total. The zero-order valence-corrected chi connectivity index (χ0v) is 7.20. The fourth-order valence-corrected chi connectivity index (χ4v) is 0.744. The summed E-state index contributed by atoms with van der Waals surface area (Å²) in [6, 6.07) is 0. The van der Waals surface area contributed by atoms with Crippen molar-refractivity contribution in [3.05, 3.63) is 6.92 Å². The van der Waals surface area contributed by atoms with E-state index in [1.165, 1.54) is 6.42 Å². The molecule has 0 saturated heterocycles. The van der Waals surface area contributed by atoms with Crippen molar-refractivity contribution in [3.8, 4) is 0 Å². The molecule has 0 saturated carbocycles. The third kappa shape index (κ3) is 2.88. The molecule has 0 aliphatic heterocycles. The van der Waals surface area contributed by atoms with Crippen LogP contribution in [0.1, 0.15) is 40.5 Å². The minimum absolute atomic E-state index is 0.488. The number of rotatable bonds is 3. The first-order valence-corrected chi connectivity index (χ1v) is 3.80. The largest absolute Gasteiger partial charge is 0.0623 e. The summed E-state index contributed by atoms with van der Waals surface area (Å²) in [6.45, 7) is 13.0. The van der Waals surface area contributed by atoms with Crippen LogP contribution in [0.15, 0.2) is 0 Å². The fourth-order valence-electron chi connectivity index (χ4n) is 0.744. The van der Waals surface area contributed by atoms with Crippen LogP contribution in [-0.2, 0) is 0 Å². The second kappa shape index (κ2) is 3.24. The van der Waals surface area contributed by atoms with E-state index in [4.69, 9.17) is 0 Å². The smallest absolute Gasteiger partial charge is 0.0331 e. The molecule has 0 heteroatoms. The van der Waals surface area contributed by atoms with E-state index >= 15 is 0 Å². The highest BCUT2D eigenvalue weighted by Crippen LogP contribution is 2.30. The number of hydrogen-bond acceptors (Lipinski definition) is 0. The molecule has 1 radical (unpaired) electrons. The van der Waals surface area contributed by atoms with E-state index in [2.05, 4.69) is 34.6 Å². The van der Waals surface area contributed by atoms with E-state index in [-0.39, 0.29) is 0 Å². The third-order valence-corrected chi connectivity index (χ3v) is 2.38. The monoisotopic (exact) mass is 127 g/mol. The Hall–Kier alpha value is 0. The minimum atomic E-state index is 0.488. The highest BCUT2D eigenvalue weighted by atomic mass is 14.3. The van der Waals surface area contributed by atoms with Gasteiger partial charge in [0.2, 0.25) is 0 Å². The predicted molar refractivity (Wildman–Crippen MR) is 43.2 cm³/mol. The number of hydrogen-bond donors (Lipinski definition) is 0. The molecule has 0 spiro atoms. The van der Waals surface area contributed by atoms with Gasteiger partial charge < -0.3 is 0 Å². The Morgan fingerprint density at radius 1 is 1.33 bits per heavy atom. The lowest BCUT2D eigenvalue weighted by atomic mass is 9.78. The molecule has 0 aromatic heterocycles. The molecule has 9 heavy (non-hydrogen) atoms. The van der Waals surface area contributed by atoms with Crippen LogP contribution in [0.3, 0.4) is 0 Å². The van der Waals surface area contributed by atoms with Gasteiger partial charge in [-0.2, -0.15) is 0 Å². The van der Waals surface area contributed by atoms with Crippen molar-refractivity contribution in [2.75, 3.05) is 0 Å². The molecule has 0 aromatic carbocycles. The Morgan fingerprint density at radius 3 is 1.89 bits per heavy atom. The highest BCUT2D eigenvalue weighted by Gasteiger charge is 2.20. The van der Waals surface area contributed by atoms with Gasteiger partial charge in [-0.05, 0) is 17.8 Å². The van der Waals surface area contributed by atoms with E-state index in [0.717, 1.165) is 12.3 Å². The summed E-state index contributed by atoms with van der Waals surface area (Å²) in [5.74, 6) is 0.777. The Bertz CT molecular complexity index is 70.1. The van der Waals surface area contributed by atoms with E-state index in [0.29, 0.717) is 5.41 Å².